The molecule has 0 spiro atoms. The number of amides is 3. The number of nitrogens with one attached hydrogen (secondary N) is 3. The Labute approximate surface area is 154 Å². The lowest BCUT2D eigenvalue weighted by Crippen LogP contribution is -2.44. The Bertz CT molecular complexity index is 871. The van der Waals surface area contributed by atoms with E-state index in [0.29, 0.717) is 5.69 Å². The SMILES string of the molecule is COc1cc(F)c([C@@H]2CNC(=O)[C@H]2NC(=O)Nc2ccc(C)cc2)cc1F. The third-order valence-electron chi connectivity index (χ3n) is 4.45. The summed E-state index contributed by atoms with van der Waals surface area (Å²) < 4.78 is 33.1. The van der Waals surface area contributed by atoms with E-state index in [1.165, 1.54) is 7.11 Å². The first-order valence-electron chi connectivity index (χ1n) is 8.34. The highest BCUT2D eigenvalue weighted by Gasteiger charge is 2.38. The van der Waals surface area contributed by atoms with Gasteiger partial charge < -0.3 is 20.7 Å². The Balaban J connectivity index is 1.77. The topological polar surface area (TPSA) is 79.5 Å². The van der Waals surface area contributed by atoms with Gasteiger partial charge in [0.1, 0.15) is 11.9 Å². The van der Waals surface area contributed by atoms with E-state index >= 15 is 0 Å². The summed E-state index contributed by atoms with van der Waals surface area (Å²) in [4.78, 5) is 24.4. The molecule has 27 heavy (non-hydrogen) atoms. The Kier molecular flexibility index (Phi) is 5.25. The molecule has 0 aliphatic carbocycles. The second-order valence-corrected chi connectivity index (χ2v) is 6.30. The van der Waals surface area contributed by atoms with Gasteiger partial charge in [-0.3, -0.25) is 4.79 Å². The summed E-state index contributed by atoms with van der Waals surface area (Å²) >= 11 is 0. The van der Waals surface area contributed by atoms with E-state index in [1.54, 1.807) is 12.1 Å². The average Bonchev–Trinajstić information content (AvgIpc) is 2.99. The molecule has 2 atom stereocenters. The third-order valence-corrected chi connectivity index (χ3v) is 4.45. The van der Waals surface area contributed by atoms with Crippen LogP contribution in [0.3, 0.4) is 0 Å². The number of urea groups is 1. The van der Waals surface area contributed by atoms with Gasteiger partial charge in [0.05, 0.1) is 7.11 Å². The van der Waals surface area contributed by atoms with Crippen LogP contribution in [-0.4, -0.2) is 31.6 Å². The minimum absolute atomic E-state index is 0.00714. The summed E-state index contributed by atoms with van der Waals surface area (Å²) in [7, 11) is 1.23. The number of carbonyl (C=O) groups is 2. The smallest absolute Gasteiger partial charge is 0.319 e. The molecule has 1 fully saturated rings. The molecule has 2 aromatic carbocycles. The molecule has 1 aliphatic rings. The summed E-state index contributed by atoms with van der Waals surface area (Å²) in [5.74, 6) is -2.89. The molecule has 0 aromatic heterocycles. The molecule has 0 bridgehead atoms. The molecule has 1 heterocycles. The molecule has 1 saturated heterocycles. The normalized spacial score (nSPS) is 18.7. The molecule has 0 radical (unpaired) electrons. The number of ether oxygens (including phenoxy) is 1. The summed E-state index contributed by atoms with van der Waals surface area (Å²) in [6, 6.07) is 7.38. The zero-order valence-electron chi connectivity index (χ0n) is 14.8. The number of hydrogen-bond acceptors (Lipinski definition) is 3. The first-order chi connectivity index (χ1) is 12.9. The van der Waals surface area contributed by atoms with Crippen LogP contribution in [0.25, 0.3) is 0 Å². The Morgan fingerprint density at radius 3 is 2.56 bits per heavy atom. The van der Waals surface area contributed by atoms with Crippen LogP contribution < -0.4 is 20.7 Å². The van der Waals surface area contributed by atoms with E-state index in [2.05, 4.69) is 16.0 Å². The zero-order valence-corrected chi connectivity index (χ0v) is 14.8. The minimum atomic E-state index is -1.03. The molecule has 8 heteroatoms. The molecule has 0 saturated carbocycles. The summed E-state index contributed by atoms with van der Waals surface area (Å²) in [5.41, 5.74) is 1.58. The second-order valence-electron chi connectivity index (χ2n) is 6.30. The van der Waals surface area contributed by atoms with Gasteiger partial charge >= 0.3 is 6.03 Å². The highest BCUT2D eigenvalue weighted by molar-refractivity contribution is 5.95. The highest BCUT2D eigenvalue weighted by atomic mass is 19.1. The lowest BCUT2D eigenvalue weighted by Gasteiger charge is -2.20. The standard InChI is InChI=1S/C19H19F2N3O3/c1-10-3-5-11(6-4-10)23-19(26)24-17-13(9-22-18(17)25)12-7-15(21)16(27-2)8-14(12)20/h3-8,13,17H,9H2,1-2H3,(H,22,25)(H2,23,24,26)/t13-,17-/m0/s1. The van der Waals surface area contributed by atoms with Crippen LogP contribution in [0.2, 0.25) is 0 Å². The van der Waals surface area contributed by atoms with Gasteiger partial charge in [0.2, 0.25) is 5.91 Å². The van der Waals surface area contributed by atoms with Crippen molar-refractivity contribution in [3.63, 3.8) is 0 Å². The number of aryl methyl sites for hydroxylation is 1. The maximum atomic E-state index is 14.4. The molecule has 3 rings (SSSR count). The molecule has 6 nitrogen and oxygen atoms in total. The quantitative estimate of drug-likeness (QED) is 0.769. The summed E-state index contributed by atoms with van der Waals surface area (Å²) in [6.45, 7) is 2.00. The van der Waals surface area contributed by atoms with Gasteiger partial charge in [0, 0.05) is 24.2 Å². The number of rotatable bonds is 4. The highest BCUT2D eigenvalue weighted by Crippen LogP contribution is 2.30. The van der Waals surface area contributed by atoms with Crippen molar-refractivity contribution in [1.82, 2.24) is 10.6 Å². The minimum Gasteiger partial charge on any atom is -0.494 e. The van der Waals surface area contributed by atoms with Gasteiger partial charge in [-0.25, -0.2) is 13.6 Å². The first kappa shape index (κ1) is 18.6. The van der Waals surface area contributed by atoms with Gasteiger partial charge in [-0.05, 0) is 30.7 Å². The number of hydrogen-bond donors (Lipinski definition) is 3. The zero-order chi connectivity index (χ0) is 19.6. The van der Waals surface area contributed by atoms with E-state index in [-0.39, 0.29) is 17.9 Å². The van der Waals surface area contributed by atoms with Crippen LogP contribution in [0.5, 0.6) is 5.75 Å². The average molecular weight is 375 g/mol. The van der Waals surface area contributed by atoms with E-state index in [0.717, 1.165) is 17.7 Å². The van der Waals surface area contributed by atoms with Crippen LogP contribution in [0.15, 0.2) is 36.4 Å². The molecular weight excluding hydrogens is 356 g/mol. The fourth-order valence-electron chi connectivity index (χ4n) is 3.01. The van der Waals surface area contributed by atoms with Gasteiger partial charge in [-0.1, -0.05) is 17.7 Å². The third kappa shape index (κ3) is 3.99. The maximum absolute atomic E-state index is 14.4. The van der Waals surface area contributed by atoms with E-state index < -0.39 is 35.5 Å². The van der Waals surface area contributed by atoms with Gasteiger partial charge in [-0.15, -0.1) is 0 Å². The van der Waals surface area contributed by atoms with Crippen LogP contribution in [0.1, 0.15) is 17.0 Å². The fraction of sp³-hybridized carbons (Fsp3) is 0.263. The van der Waals surface area contributed by atoms with Crippen LogP contribution in [0, 0.1) is 18.6 Å². The number of benzene rings is 2. The van der Waals surface area contributed by atoms with Crippen LogP contribution in [0.4, 0.5) is 19.3 Å². The molecule has 3 N–H and O–H groups in total. The van der Waals surface area contributed by atoms with Crippen LogP contribution in [-0.2, 0) is 4.79 Å². The monoisotopic (exact) mass is 375 g/mol. The predicted molar refractivity (Wildman–Crippen MR) is 95.8 cm³/mol. The van der Waals surface area contributed by atoms with Gasteiger partial charge in [-0.2, -0.15) is 0 Å². The van der Waals surface area contributed by atoms with E-state index in [9.17, 15) is 18.4 Å². The molecule has 2 aromatic rings. The summed E-state index contributed by atoms with van der Waals surface area (Å²) in [6.07, 6.45) is 0. The number of methoxy groups -OCH3 is 1. The van der Waals surface area contributed by atoms with E-state index in [1.807, 2.05) is 19.1 Å². The molecular formula is C19H19F2N3O3. The van der Waals surface area contributed by atoms with Crippen molar-refractivity contribution in [3.05, 3.63) is 59.2 Å². The first-order valence-corrected chi connectivity index (χ1v) is 8.34. The van der Waals surface area contributed by atoms with Crippen molar-refractivity contribution >= 4 is 17.6 Å². The number of anilines is 1. The molecule has 0 unspecified atom stereocenters. The van der Waals surface area contributed by atoms with Crippen molar-refractivity contribution in [3.8, 4) is 5.75 Å². The molecule has 3 amide bonds. The van der Waals surface area contributed by atoms with Crippen molar-refractivity contribution in [2.24, 2.45) is 0 Å². The van der Waals surface area contributed by atoms with Gasteiger partial charge in [0.25, 0.3) is 0 Å². The second kappa shape index (κ2) is 7.61. The Hall–Kier alpha value is -3.16. The lowest BCUT2D eigenvalue weighted by molar-refractivity contribution is -0.120. The number of halogens is 2. The van der Waals surface area contributed by atoms with Crippen LogP contribution >= 0.6 is 0 Å². The molecule has 142 valence electrons. The van der Waals surface area contributed by atoms with Crippen molar-refractivity contribution in [2.75, 3.05) is 19.0 Å². The summed E-state index contributed by atoms with van der Waals surface area (Å²) in [5, 5.41) is 7.72. The largest absolute Gasteiger partial charge is 0.494 e. The maximum Gasteiger partial charge on any atom is 0.319 e. The van der Waals surface area contributed by atoms with Gasteiger partial charge in [0.15, 0.2) is 11.6 Å². The lowest BCUT2D eigenvalue weighted by atomic mass is 9.93. The van der Waals surface area contributed by atoms with Crippen molar-refractivity contribution in [2.45, 2.75) is 18.9 Å². The van der Waals surface area contributed by atoms with E-state index in [4.69, 9.17) is 4.74 Å². The van der Waals surface area contributed by atoms with Crippen molar-refractivity contribution in [1.29, 1.82) is 0 Å². The fourth-order valence-corrected chi connectivity index (χ4v) is 3.01. The Morgan fingerprint density at radius 2 is 1.89 bits per heavy atom. The Morgan fingerprint density at radius 1 is 1.19 bits per heavy atom. The molecule has 1 aliphatic heterocycles. The van der Waals surface area contributed by atoms with Crippen molar-refractivity contribution < 1.29 is 23.1 Å². The predicted octanol–water partition coefficient (Wildman–Crippen LogP) is 2.69. The number of carbonyl (C=O) groups excluding carboxylic acids is 2.